The smallest absolute Gasteiger partial charge is 0.149 e. The number of fused-ring (bicyclic) bond motifs is 1. The molecule has 4 nitrogen and oxygen atoms in total. The first-order chi connectivity index (χ1) is 33.3. The Balaban J connectivity index is 1.53. The lowest BCUT2D eigenvalue weighted by Crippen LogP contribution is -2.18. The molecule has 0 saturated heterocycles. The first-order valence-corrected chi connectivity index (χ1v) is 21.6. The molecule has 0 fully saturated rings. The summed E-state index contributed by atoms with van der Waals surface area (Å²) < 4.78 is 81.2. The summed E-state index contributed by atoms with van der Waals surface area (Å²) in [6.45, 7) is 10.4. The summed E-state index contributed by atoms with van der Waals surface area (Å²) in [6.07, 6.45) is 1.62. The van der Waals surface area contributed by atoms with Crippen LogP contribution in [0.15, 0.2) is 140 Å². The van der Waals surface area contributed by atoms with E-state index in [-0.39, 0.29) is 11.2 Å². The highest BCUT2D eigenvalue weighted by atomic mass is 16.3. The summed E-state index contributed by atoms with van der Waals surface area (Å²) in [6, 6.07) is 42.3. The lowest BCUT2D eigenvalue weighted by Gasteiger charge is -2.28. The maximum absolute atomic E-state index is 12.6. The van der Waals surface area contributed by atoms with Gasteiger partial charge in [-0.3, -0.25) is 9.55 Å². The third-order valence-electron chi connectivity index (χ3n) is 12.0. The molecule has 6 aromatic carbocycles. The number of aryl methyl sites for hydroxylation is 1. The Labute approximate surface area is 388 Å². The van der Waals surface area contributed by atoms with Gasteiger partial charge in [0.1, 0.15) is 11.6 Å². The Bertz CT molecular complexity index is 3290. The maximum Gasteiger partial charge on any atom is 0.149 e. The van der Waals surface area contributed by atoms with E-state index in [1.807, 2.05) is 85.8 Å². The Morgan fingerprint density at radius 1 is 0.508 bits per heavy atom. The van der Waals surface area contributed by atoms with E-state index in [0.29, 0.717) is 44.8 Å². The van der Waals surface area contributed by atoms with Gasteiger partial charge in [-0.2, -0.15) is 0 Å². The van der Waals surface area contributed by atoms with Gasteiger partial charge in [0.25, 0.3) is 0 Å². The van der Waals surface area contributed by atoms with Crippen molar-refractivity contribution in [3.8, 4) is 67.5 Å². The summed E-state index contributed by atoms with van der Waals surface area (Å²) >= 11 is 0. The Morgan fingerprint density at radius 3 is 1.81 bits per heavy atom. The fraction of sp³-hybridized carbons (Fsp3) is 0.288. The second kappa shape index (κ2) is 15.8. The molecule has 0 aliphatic carbocycles. The van der Waals surface area contributed by atoms with Crippen LogP contribution in [0.4, 0.5) is 0 Å². The van der Waals surface area contributed by atoms with E-state index in [9.17, 15) is 5.11 Å². The van der Waals surface area contributed by atoms with E-state index >= 15 is 0 Å². The molecule has 4 heteroatoms. The average molecular weight is 839 g/mol. The monoisotopic (exact) mass is 839 g/mol. The number of aromatic nitrogens is 3. The normalized spacial score (nSPS) is 15.3. The third kappa shape index (κ3) is 8.61. The topological polar surface area (TPSA) is 50.9 Å². The maximum atomic E-state index is 12.6. The van der Waals surface area contributed by atoms with Crippen LogP contribution in [0.1, 0.15) is 123 Å². The molecule has 2 heterocycles. The zero-order valence-corrected chi connectivity index (χ0v) is 38.1. The minimum atomic E-state index is -3.53. The Hall–Kier alpha value is -6.26. The number of hydrogen-bond donors (Lipinski definition) is 1. The van der Waals surface area contributed by atoms with Gasteiger partial charge >= 0.3 is 0 Å². The molecule has 8 aromatic rings. The fourth-order valence-electron chi connectivity index (χ4n) is 8.37. The molecule has 0 unspecified atom stereocenters. The summed E-state index contributed by atoms with van der Waals surface area (Å²) in [7, 11) is 0. The minimum Gasteiger partial charge on any atom is -0.507 e. The number of para-hydroxylation sites is 1. The summed E-state index contributed by atoms with van der Waals surface area (Å²) in [5.74, 6) is 0.517. The van der Waals surface area contributed by atoms with E-state index in [2.05, 4.69) is 103 Å². The van der Waals surface area contributed by atoms with E-state index in [1.54, 1.807) is 12.3 Å². The SMILES string of the molecule is [2H]C([2H])([2H])C(c1cc(-c2cc(-c3ccc(C)cc3)ccn2)cc(-c2cccc3c2nc(-c2cc(C(C)(C)C)cc(C(C)(C)C)c2O)n3-c2ccc(-c3ccccc3)cc2C(C)(C)C)c1)(C([2H])([2H])[2H])C([2H])([2H])[2H]. The zero-order valence-electron chi connectivity index (χ0n) is 47.1. The van der Waals surface area contributed by atoms with Crippen molar-refractivity contribution >= 4 is 11.0 Å². The molecule has 0 radical (unpaired) electrons. The van der Waals surface area contributed by atoms with Gasteiger partial charge in [0.15, 0.2) is 0 Å². The fourth-order valence-corrected chi connectivity index (χ4v) is 8.37. The van der Waals surface area contributed by atoms with Crippen LogP contribution >= 0.6 is 0 Å². The Kier molecular flexibility index (Phi) is 8.37. The predicted molar refractivity (Wildman–Crippen MR) is 267 cm³/mol. The van der Waals surface area contributed by atoms with Crippen LogP contribution in [0.2, 0.25) is 0 Å². The quantitative estimate of drug-likeness (QED) is 0.181. The number of rotatable bonds is 6. The molecule has 1 N–H and O–H groups in total. The molecule has 0 bridgehead atoms. The molecule has 0 amide bonds. The molecular formula is C59H63N3O. The third-order valence-corrected chi connectivity index (χ3v) is 12.0. The van der Waals surface area contributed by atoms with Gasteiger partial charge in [-0.25, -0.2) is 4.98 Å². The van der Waals surface area contributed by atoms with Crippen LogP contribution < -0.4 is 0 Å². The molecule has 63 heavy (non-hydrogen) atoms. The molecule has 320 valence electrons. The van der Waals surface area contributed by atoms with Crippen molar-refractivity contribution in [1.82, 2.24) is 14.5 Å². The lowest BCUT2D eigenvalue weighted by atomic mass is 9.78. The standard InChI is InChI=1S/C59H63N3O/c1-37-22-24-39(25-23-37)41-28-29-60-50(34-41)43-30-42(31-44(32-43)56(2,3)4)46-20-17-21-52-53(46)61-55(47-35-45(57(5,6)7)36-49(54(47)63)59(11,12)13)62(52)51-27-26-40(33-48(51)58(8,9)10)38-18-15-14-16-19-38/h14-36,63H,1-13H3/i2D3,3D3,4D3. The number of nitrogens with zero attached hydrogens (tertiary/aromatic N) is 3. The van der Waals surface area contributed by atoms with E-state index < -0.39 is 42.4 Å². The molecule has 2 aromatic heterocycles. The minimum absolute atomic E-state index is 0.0773. The van der Waals surface area contributed by atoms with Gasteiger partial charge < -0.3 is 5.11 Å². The Morgan fingerprint density at radius 2 is 1.14 bits per heavy atom. The number of phenols is 1. The van der Waals surface area contributed by atoms with Crippen LogP contribution in [0.5, 0.6) is 5.75 Å². The van der Waals surface area contributed by atoms with Crippen molar-refractivity contribution in [2.75, 3.05) is 0 Å². The number of hydrogen-bond acceptors (Lipinski definition) is 3. The van der Waals surface area contributed by atoms with Gasteiger partial charge in [-0.1, -0.05) is 173 Å². The average Bonchev–Trinajstić information content (AvgIpc) is 3.66. The van der Waals surface area contributed by atoms with Crippen molar-refractivity contribution in [2.45, 2.75) is 111 Å². The summed E-state index contributed by atoms with van der Waals surface area (Å²) in [5.41, 5.74) is 6.50. The molecule has 0 aliphatic heterocycles. The summed E-state index contributed by atoms with van der Waals surface area (Å²) in [5, 5.41) is 12.6. The van der Waals surface area contributed by atoms with Crippen molar-refractivity contribution < 1.29 is 17.4 Å². The lowest BCUT2D eigenvalue weighted by molar-refractivity contribution is 0.446. The van der Waals surface area contributed by atoms with Crippen molar-refractivity contribution in [3.05, 3.63) is 167 Å². The number of aromatic hydroxyl groups is 1. The van der Waals surface area contributed by atoms with Crippen LogP contribution in [0, 0.1) is 6.92 Å². The first kappa shape index (κ1) is 33.3. The highest BCUT2D eigenvalue weighted by molar-refractivity contribution is 5.97. The van der Waals surface area contributed by atoms with Crippen LogP contribution in [0.25, 0.3) is 72.7 Å². The molecular weight excluding hydrogens is 767 g/mol. The molecule has 8 rings (SSSR count). The van der Waals surface area contributed by atoms with Crippen molar-refractivity contribution in [2.24, 2.45) is 0 Å². The summed E-state index contributed by atoms with van der Waals surface area (Å²) in [4.78, 5) is 10.2. The van der Waals surface area contributed by atoms with Gasteiger partial charge in [-0.15, -0.1) is 0 Å². The molecule has 0 aliphatic rings. The van der Waals surface area contributed by atoms with Gasteiger partial charge in [0.2, 0.25) is 0 Å². The second-order valence-electron chi connectivity index (χ2n) is 20.1. The van der Waals surface area contributed by atoms with Crippen LogP contribution in [0.3, 0.4) is 0 Å². The molecule has 0 saturated carbocycles. The largest absolute Gasteiger partial charge is 0.507 e. The van der Waals surface area contributed by atoms with E-state index in [0.717, 1.165) is 50.2 Å². The molecule has 0 atom stereocenters. The number of pyridine rings is 1. The highest BCUT2D eigenvalue weighted by Crippen LogP contribution is 2.46. The number of phenolic OH excluding ortho intramolecular Hbond substituents is 1. The van der Waals surface area contributed by atoms with Gasteiger partial charge in [-0.05, 0) is 122 Å². The first-order valence-electron chi connectivity index (χ1n) is 26.1. The van der Waals surface area contributed by atoms with Crippen molar-refractivity contribution in [1.29, 1.82) is 0 Å². The van der Waals surface area contributed by atoms with E-state index in [1.165, 1.54) is 12.1 Å². The molecule has 0 spiro atoms. The zero-order chi connectivity index (χ0) is 52.7. The van der Waals surface area contributed by atoms with E-state index in [4.69, 9.17) is 22.3 Å². The highest BCUT2D eigenvalue weighted by Gasteiger charge is 2.30. The number of imidazole rings is 1. The van der Waals surface area contributed by atoms with Crippen LogP contribution in [-0.2, 0) is 21.7 Å². The van der Waals surface area contributed by atoms with Crippen molar-refractivity contribution in [3.63, 3.8) is 0 Å². The van der Waals surface area contributed by atoms with Gasteiger partial charge in [0, 0.05) is 35.2 Å². The predicted octanol–water partition coefficient (Wildman–Crippen LogP) is 16.0. The number of benzene rings is 6. The van der Waals surface area contributed by atoms with Crippen LogP contribution in [-0.4, -0.2) is 19.6 Å². The van der Waals surface area contributed by atoms with Gasteiger partial charge in [0.05, 0.1) is 28.0 Å². The second-order valence-corrected chi connectivity index (χ2v) is 20.1.